The molecule has 1 heterocycles. The molecule has 0 radical (unpaired) electrons. The molecule has 0 saturated carbocycles. The molecule has 1 aliphatic rings. The summed E-state index contributed by atoms with van der Waals surface area (Å²) in [6.45, 7) is 6.13. The molecule has 1 aliphatic heterocycles. The second-order valence-electron chi connectivity index (χ2n) is 6.17. The van der Waals surface area contributed by atoms with Gasteiger partial charge in [-0.2, -0.15) is 0 Å². The largest absolute Gasteiger partial charge is 0.354 e. The van der Waals surface area contributed by atoms with E-state index in [0.29, 0.717) is 12.5 Å². The maximum atomic E-state index is 11.9. The SMILES string of the molecule is CCN1CCCC(CNC(=O)CNC(=O)/C=C/c2ccccc2)C1. The number of carbonyl (C=O) groups excluding carboxylic acids is 2. The summed E-state index contributed by atoms with van der Waals surface area (Å²) in [5.41, 5.74) is 0.954. The van der Waals surface area contributed by atoms with E-state index in [4.69, 9.17) is 0 Å². The first-order chi connectivity index (χ1) is 11.7. The molecule has 5 nitrogen and oxygen atoms in total. The predicted molar refractivity (Wildman–Crippen MR) is 96.3 cm³/mol. The minimum Gasteiger partial charge on any atom is -0.354 e. The highest BCUT2D eigenvalue weighted by molar-refractivity contribution is 5.94. The van der Waals surface area contributed by atoms with Crippen LogP contribution < -0.4 is 10.6 Å². The fourth-order valence-corrected chi connectivity index (χ4v) is 2.89. The topological polar surface area (TPSA) is 61.4 Å². The van der Waals surface area contributed by atoms with Crippen molar-refractivity contribution in [1.82, 2.24) is 15.5 Å². The van der Waals surface area contributed by atoms with E-state index < -0.39 is 0 Å². The average molecular weight is 329 g/mol. The fourth-order valence-electron chi connectivity index (χ4n) is 2.89. The van der Waals surface area contributed by atoms with Gasteiger partial charge in [-0.15, -0.1) is 0 Å². The third kappa shape index (κ3) is 6.54. The van der Waals surface area contributed by atoms with Crippen molar-refractivity contribution in [3.63, 3.8) is 0 Å². The molecule has 1 fully saturated rings. The first-order valence-electron chi connectivity index (χ1n) is 8.67. The number of piperidine rings is 1. The van der Waals surface area contributed by atoms with E-state index in [1.165, 1.54) is 12.5 Å². The van der Waals surface area contributed by atoms with Crippen LogP contribution in [-0.2, 0) is 9.59 Å². The van der Waals surface area contributed by atoms with Crippen molar-refractivity contribution in [2.45, 2.75) is 19.8 Å². The lowest BCUT2D eigenvalue weighted by atomic mass is 9.98. The Morgan fingerprint density at radius 2 is 2.04 bits per heavy atom. The van der Waals surface area contributed by atoms with Gasteiger partial charge in [-0.25, -0.2) is 0 Å². The molecular formula is C19H27N3O2. The fraction of sp³-hybridized carbons (Fsp3) is 0.474. The normalized spacial score (nSPS) is 18.5. The Hall–Kier alpha value is -2.14. The molecule has 1 saturated heterocycles. The third-order valence-electron chi connectivity index (χ3n) is 4.29. The standard InChI is InChI=1S/C19H27N3O2/c1-2-22-12-6-9-17(15-22)13-20-19(24)14-21-18(23)11-10-16-7-4-3-5-8-16/h3-5,7-8,10-11,17H,2,6,9,12-15H2,1H3,(H,20,24)(H,21,23)/b11-10+. The van der Waals surface area contributed by atoms with E-state index in [1.807, 2.05) is 30.3 Å². The Morgan fingerprint density at radius 3 is 2.79 bits per heavy atom. The van der Waals surface area contributed by atoms with Crippen LogP contribution in [0.25, 0.3) is 6.08 Å². The van der Waals surface area contributed by atoms with Gasteiger partial charge in [-0.05, 0) is 43.5 Å². The maximum Gasteiger partial charge on any atom is 0.244 e. The number of rotatable bonds is 7. The zero-order valence-corrected chi connectivity index (χ0v) is 14.3. The van der Waals surface area contributed by atoms with Gasteiger partial charge in [0.2, 0.25) is 11.8 Å². The summed E-state index contributed by atoms with van der Waals surface area (Å²) in [4.78, 5) is 26.0. The predicted octanol–water partition coefficient (Wildman–Crippen LogP) is 1.66. The lowest BCUT2D eigenvalue weighted by molar-refractivity contribution is -0.124. The van der Waals surface area contributed by atoms with Crippen molar-refractivity contribution in [1.29, 1.82) is 0 Å². The Balaban J connectivity index is 1.64. The molecular weight excluding hydrogens is 302 g/mol. The van der Waals surface area contributed by atoms with E-state index in [9.17, 15) is 9.59 Å². The molecule has 5 heteroatoms. The summed E-state index contributed by atoms with van der Waals surface area (Å²) in [6.07, 6.45) is 5.52. The Bertz CT molecular complexity index is 557. The van der Waals surface area contributed by atoms with E-state index in [-0.39, 0.29) is 18.4 Å². The number of amides is 2. The van der Waals surface area contributed by atoms with Crippen LogP contribution in [0.1, 0.15) is 25.3 Å². The second kappa shape index (κ2) is 9.88. The van der Waals surface area contributed by atoms with Gasteiger partial charge >= 0.3 is 0 Å². The van der Waals surface area contributed by atoms with E-state index >= 15 is 0 Å². The van der Waals surface area contributed by atoms with Crippen LogP contribution in [0.4, 0.5) is 0 Å². The minimum atomic E-state index is -0.260. The van der Waals surface area contributed by atoms with Gasteiger partial charge < -0.3 is 15.5 Å². The summed E-state index contributed by atoms with van der Waals surface area (Å²) in [6, 6.07) is 9.58. The van der Waals surface area contributed by atoms with Crippen LogP contribution in [0.5, 0.6) is 0 Å². The van der Waals surface area contributed by atoms with Crippen LogP contribution in [0.2, 0.25) is 0 Å². The smallest absolute Gasteiger partial charge is 0.244 e. The molecule has 0 spiro atoms. The molecule has 0 aromatic heterocycles. The van der Waals surface area contributed by atoms with E-state index in [1.54, 1.807) is 6.08 Å². The molecule has 1 atom stereocenters. The molecule has 2 amide bonds. The van der Waals surface area contributed by atoms with Crippen LogP contribution in [0.3, 0.4) is 0 Å². The summed E-state index contributed by atoms with van der Waals surface area (Å²) >= 11 is 0. The van der Waals surface area contributed by atoms with Gasteiger partial charge in [0.25, 0.3) is 0 Å². The Labute approximate surface area is 144 Å². The van der Waals surface area contributed by atoms with Gasteiger partial charge in [0.05, 0.1) is 6.54 Å². The molecule has 0 bridgehead atoms. The summed E-state index contributed by atoms with van der Waals surface area (Å²) in [7, 11) is 0. The number of nitrogens with zero attached hydrogens (tertiary/aromatic N) is 1. The Morgan fingerprint density at radius 1 is 1.25 bits per heavy atom. The molecule has 2 N–H and O–H groups in total. The van der Waals surface area contributed by atoms with Gasteiger partial charge in [-0.1, -0.05) is 37.3 Å². The van der Waals surface area contributed by atoms with Gasteiger partial charge in [-0.3, -0.25) is 9.59 Å². The zero-order chi connectivity index (χ0) is 17.2. The number of carbonyl (C=O) groups is 2. The van der Waals surface area contributed by atoms with Crippen molar-refractivity contribution in [3.8, 4) is 0 Å². The Kier molecular flexibility index (Phi) is 7.49. The second-order valence-corrected chi connectivity index (χ2v) is 6.17. The number of likely N-dealkylation sites (tertiary alicyclic amines) is 1. The third-order valence-corrected chi connectivity index (χ3v) is 4.29. The van der Waals surface area contributed by atoms with Gasteiger partial charge in [0.15, 0.2) is 0 Å². The molecule has 1 aromatic rings. The number of nitrogens with one attached hydrogen (secondary N) is 2. The van der Waals surface area contributed by atoms with Gasteiger partial charge in [0, 0.05) is 19.2 Å². The summed E-state index contributed by atoms with van der Waals surface area (Å²) < 4.78 is 0. The highest BCUT2D eigenvalue weighted by atomic mass is 16.2. The van der Waals surface area contributed by atoms with E-state index in [0.717, 1.165) is 31.6 Å². The molecule has 24 heavy (non-hydrogen) atoms. The van der Waals surface area contributed by atoms with Crippen molar-refractivity contribution < 1.29 is 9.59 Å². The van der Waals surface area contributed by atoms with Crippen molar-refractivity contribution >= 4 is 17.9 Å². The zero-order valence-electron chi connectivity index (χ0n) is 14.3. The summed E-state index contributed by atoms with van der Waals surface area (Å²) in [5.74, 6) is 0.116. The molecule has 2 rings (SSSR count). The molecule has 1 unspecified atom stereocenters. The average Bonchev–Trinajstić information content (AvgIpc) is 2.64. The molecule has 0 aliphatic carbocycles. The van der Waals surface area contributed by atoms with Crippen LogP contribution in [0, 0.1) is 5.92 Å². The quantitative estimate of drug-likeness (QED) is 0.748. The van der Waals surface area contributed by atoms with Crippen molar-refractivity contribution in [2.24, 2.45) is 5.92 Å². The van der Waals surface area contributed by atoms with Crippen molar-refractivity contribution in [3.05, 3.63) is 42.0 Å². The van der Waals surface area contributed by atoms with Gasteiger partial charge in [0.1, 0.15) is 0 Å². The first kappa shape index (κ1) is 18.2. The maximum absolute atomic E-state index is 11.9. The van der Waals surface area contributed by atoms with Crippen LogP contribution >= 0.6 is 0 Å². The summed E-state index contributed by atoms with van der Waals surface area (Å²) in [5, 5.41) is 5.53. The van der Waals surface area contributed by atoms with Crippen molar-refractivity contribution in [2.75, 3.05) is 32.7 Å². The minimum absolute atomic E-state index is 0.0160. The van der Waals surface area contributed by atoms with Crippen LogP contribution in [0.15, 0.2) is 36.4 Å². The lowest BCUT2D eigenvalue weighted by Crippen LogP contribution is -2.43. The number of hydrogen-bond donors (Lipinski definition) is 2. The number of hydrogen-bond acceptors (Lipinski definition) is 3. The van der Waals surface area contributed by atoms with Crippen LogP contribution in [-0.4, -0.2) is 49.4 Å². The number of benzene rings is 1. The highest BCUT2D eigenvalue weighted by Crippen LogP contribution is 2.14. The monoisotopic (exact) mass is 329 g/mol. The first-order valence-corrected chi connectivity index (χ1v) is 8.67. The highest BCUT2D eigenvalue weighted by Gasteiger charge is 2.19. The molecule has 1 aromatic carbocycles. The lowest BCUT2D eigenvalue weighted by Gasteiger charge is -2.31. The molecule has 130 valence electrons. The van der Waals surface area contributed by atoms with E-state index in [2.05, 4.69) is 22.5 Å².